The Balaban J connectivity index is 2.89. The van der Waals surface area contributed by atoms with E-state index in [0.29, 0.717) is 6.07 Å². The zero-order chi connectivity index (χ0) is 10.3. The van der Waals surface area contributed by atoms with Crippen LogP contribution in [-0.2, 0) is 0 Å². The summed E-state index contributed by atoms with van der Waals surface area (Å²) in [7, 11) is 0. The molecule has 0 unspecified atom stereocenters. The number of rotatable bonds is 0. The van der Waals surface area contributed by atoms with Crippen LogP contribution in [0.1, 0.15) is 0 Å². The molecule has 0 saturated carbocycles. The van der Waals surface area contributed by atoms with Gasteiger partial charge in [-0.1, -0.05) is 0 Å². The molecule has 1 aromatic heterocycles. The van der Waals surface area contributed by atoms with Gasteiger partial charge in [0.25, 0.3) is 0 Å². The largest absolute Gasteiger partial charge is 0.249 e. The molecular weight excluding hydrogens is 198 g/mol. The number of pyridine rings is 1. The molecule has 5 heteroatoms. The number of nitrogens with zero attached hydrogens (tertiary/aromatic N) is 1. The first-order chi connectivity index (χ1) is 6.59. The van der Waals surface area contributed by atoms with E-state index in [4.69, 9.17) is 0 Å². The first-order valence-electron chi connectivity index (χ1n) is 3.69. The molecule has 0 N–H and O–H groups in total. The van der Waals surface area contributed by atoms with E-state index in [-0.39, 0.29) is 10.9 Å². The molecule has 0 aliphatic rings. The number of hydrogen-bond acceptors (Lipinski definition) is 1. The van der Waals surface area contributed by atoms with Gasteiger partial charge < -0.3 is 0 Å². The highest BCUT2D eigenvalue weighted by Gasteiger charge is 2.11. The second kappa shape index (κ2) is 2.94. The predicted octanol–water partition coefficient (Wildman–Crippen LogP) is 2.79. The molecular formula is C9H3F4N. The van der Waals surface area contributed by atoms with Crippen LogP contribution in [0.15, 0.2) is 18.2 Å². The lowest BCUT2D eigenvalue weighted by molar-refractivity contribution is 0.480. The summed E-state index contributed by atoms with van der Waals surface area (Å²) < 4.78 is 50.9. The lowest BCUT2D eigenvalue weighted by Gasteiger charge is -2.00. The lowest BCUT2D eigenvalue weighted by atomic mass is 10.2. The standard InChI is InChI=1S/C9H3F4N/c10-5-1-2-7-4(8(5)12)3-6(11)9(13)14-7/h1-3H. The maximum absolute atomic E-state index is 13.0. The van der Waals surface area contributed by atoms with Gasteiger partial charge in [0.05, 0.1) is 5.52 Å². The Bertz CT molecular complexity index is 510. The van der Waals surface area contributed by atoms with Gasteiger partial charge in [-0.15, -0.1) is 0 Å². The fourth-order valence-electron chi connectivity index (χ4n) is 1.14. The van der Waals surface area contributed by atoms with Crippen LogP contribution in [0.25, 0.3) is 10.9 Å². The third kappa shape index (κ3) is 1.21. The Morgan fingerprint density at radius 1 is 0.929 bits per heavy atom. The molecule has 0 bridgehead atoms. The molecule has 0 fully saturated rings. The molecule has 0 saturated heterocycles. The molecule has 0 aliphatic heterocycles. The highest BCUT2D eigenvalue weighted by Crippen LogP contribution is 2.20. The minimum absolute atomic E-state index is 0.122. The van der Waals surface area contributed by atoms with Crippen molar-refractivity contribution in [2.24, 2.45) is 0 Å². The summed E-state index contributed by atoms with van der Waals surface area (Å²) in [4.78, 5) is 3.13. The second-order valence-electron chi connectivity index (χ2n) is 2.69. The van der Waals surface area contributed by atoms with Crippen LogP contribution in [-0.4, -0.2) is 4.98 Å². The van der Waals surface area contributed by atoms with Gasteiger partial charge in [-0.2, -0.15) is 4.39 Å². The van der Waals surface area contributed by atoms with E-state index >= 15 is 0 Å². The maximum Gasteiger partial charge on any atom is 0.249 e. The van der Waals surface area contributed by atoms with Crippen molar-refractivity contribution in [1.29, 1.82) is 0 Å². The van der Waals surface area contributed by atoms with Gasteiger partial charge >= 0.3 is 0 Å². The molecule has 2 aromatic rings. The van der Waals surface area contributed by atoms with Gasteiger partial charge in [0, 0.05) is 5.39 Å². The van der Waals surface area contributed by atoms with Gasteiger partial charge in [-0.25, -0.2) is 18.2 Å². The number of fused-ring (bicyclic) bond motifs is 1. The SMILES string of the molecule is Fc1cc2c(F)c(F)ccc2nc1F. The average molecular weight is 201 g/mol. The van der Waals surface area contributed by atoms with Crippen LogP contribution in [0.2, 0.25) is 0 Å². The monoisotopic (exact) mass is 201 g/mol. The molecule has 0 spiro atoms. The molecule has 0 radical (unpaired) electrons. The minimum Gasteiger partial charge on any atom is -0.217 e. The Labute approximate surface area is 76.0 Å². The normalized spacial score (nSPS) is 10.9. The highest BCUT2D eigenvalue weighted by molar-refractivity contribution is 5.79. The fourth-order valence-corrected chi connectivity index (χ4v) is 1.14. The molecule has 2 rings (SSSR count). The van der Waals surface area contributed by atoms with Crippen molar-refractivity contribution >= 4 is 10.9 Å². The summed E-state index contributed by atoms with van der Waals surface area (Å²) in [6, 6.07) is 2.47. The predicted molar refractivity (Wildman–Crippen MR) is 41.6 cm³/mol. The summed E-state index contributed by atoms with van der Waals surface area (Å²) in [5.41, 5.74) is -0.122. The van der Waals surface area contributed by atoms with Gasteiger partial charge in [0.2, 0.25) is 5.95 Å². The van der Waals surface area contributed by atoms with E-state index in [1.807, 2.05) is 0 Å². The van der Waals surface area contributed by atoms with Crippen molar-refractivity contribution in [3.63, 3.8) is 0 Å². The maximum atomic E-state index is 13.0. The zero-order valence-corrected chi connectivity index (χ0v) is 6.69. The summed E-state index contributed by atoms with van der Waals surface area (Å²) >= 11 is 0. The highest BCUT2D eigenvalue weighted by atomic mass is 19.2. The van der Waals surface area contributed by atoms with E-state index in [1.54, 1.807) is 0 Å². The number of benzene rings is 1. The first kappa shape index (κ1) is 8.93. The van der Waals surface area contributed by atoms with Gasteiger partial charge in [-0.05, 0) is 18.2 Å². The average Bonchev–Trinajstić information content (AvgIpc) is 2.15. The summed E-state index contributed by atoms with van der Waals surface area (Å²) in [5.74, 6) is -4.98. The molecule has 1 heterocycles. The van der Waals surface area contributed by atoms with E-state index in [1.165, 1.54) is 0 Å². The quantitative estimate of drug-likeness (QED) is 0.471. The van der Waals surface area contributed by atoms with Crippen molar-refractivity contribution < 1.29 is 17.6 Å². The third-order valence-electron chi connectivity index (χ3n) is 1.80. The van der Waals surface area contributed by atoms with Crippen molar-refractivity contribution in [1.82, 2.24) is 4.98 Å². The molecule has 0 amide bonds. The van der Waals surface area contributed by atoms with Crippen molar-refractivity contribution in [2.75, 3.05) is 0 Å². The molecule has 1 aromatic carbocycles. The molecule has 0 aliphatic carbocycles. The molecule has 0 atom stereocenters. The Hall–Kier alpha value is -1.65. The smallest absolute Gasteiger partial charge is 0.217 e. The van der Waals surface area contributed by atoms with Crippen LogP contribution in [0.4, 0.5) is 17.6 Å². The fraction of sp³-hybridized carbons (Fsp3) is 0. The Morgan fingerprint density at radius 3 is 2.36 bits per heavy atom. The first-order valence-corrected chi connectivity index (χ1v) is 3.69. The van der Waals surface area contributed by atoms with Crippen molar-refractivity contribution in [3.05, 3.63) is 41.6 Å². The topological polar surface area (TPSA) is 12.9 Å². The summed E-state index contributed by atoms with van der Waals surface area (Å²) in [6.45, 7) is 0. The van der Waals surface area contributed by atoms with Crippen LogP contribution in [0.5, 0.6) is 0 Å². The summed E-state index contributed by atoms with van der Waals surface area (Å²) in [5, 5.41) is -0.371. The number of hydrogen-bond donors (Lipinski definition) is 0. The summed E-state index contributed by atoms with van der Waals surface area (Å²) in [6.07, 6.45) is 0. The zero-order valence-electron chi connectivity index (χ0n) is 6.69. The van der Waals surface area contributed by atoms with Crippen LogP contribution in [0, 0.1) is 23.4 Å². The van der Waals surface area contributed by atoms with E-state index in [0.717, 1.165) is 12.1 Å². The van der Waals surface area contributed by atoms with Crippen LogP contribution in [0.3, 0.4) is 0 Å². The van der Waals surface area contributed by atoms with E-state index in [9.17, 15) is 17.6 Å². The van der Waals surface area contributed by atoms with Crippen LogP contribution >= 0.6 is 0 Å². The second-order valence-corrected chi connectivity index (χ2v) is 2.69. The Morgan fingerprint density at radius 2 is 1.64 bits per heavy atom. The van der Waals surface area contributed by atoms with Crippen molar-refractivity contribution in [3.8, 4) is 0 Å². The van der Waals surface area contributed by atoms with E-state index < -0.39 is 23.4 Å². The number of halogens is 4. The van der Waals surface area contributed by atoms with E-state index in [2.05, 4.69) is 4.98 Å². The molecule has 14 heavy (non-hydrogen) atoms. The minimum atomic E-state index is -1.33. The van der Waals surface area contributed by atoms with Crippen molar-refractivity contribution in [2.45, 2.75) is 0 Å². The Kier molecular flexibility index (Phi) is 1.87. The van der Waals surface area contributed by atoms with Gasteiger partial charge in [0.15, 0.2) is 17.5 Å². The number of aromatic nitrogens is 1. The van der Waals surface area contributed by atoms with Gasteiger partial charge in [0.1, 0.15) is 0 Å². The molecule has 72 valence electrons. The lowest BCUT2D eigenvalue weighted by Crippen LogP contribution is -1.94. The van der Waals surface area contributed by atoms with Gasteiger partial charge in [-0.3, -0.25) is 0 Å². The molecule has 1 nitrogen and oxygen atoms in total. The van der Waals surface area contributed by atoms with Crippen LogP contribution < -0.4 is 0 Å². The third-order valence-corrected chi connectivity index (χ3v) is 1.80.